The maximum Gasteiger partial charge on any atom is 0.248 e. The van der Waals surface area contributed by atoms with Crippen LogP contribution in [0.25, 0.3) is 0 Å². The predicted octanol–water partition coefficient (Wildman–Crippen LogP) is 4.24. The van der Waals surface area contributed by atoms with Gasteiger partial charge in [-0.05, 0) is 49.2 Å². The second kappa shape index (κ2) is 6.58. The molecule has 0 radical (unpaired) electrons. The Balaban J connectivity index is 1.93. The molecule has 0 aliphatic rings. The van der Waals surface area contributed by atoms with E-state index in [-0.39, 0.29) is 0 Å². The van der Waals surface area contributed by atoms with Gasteiger partial charge in [0.05, 0.1) is 0 Å². The standard InChI is InChI=1S/C19H20N4O/c1-13-9-14(2)11-16(10-13)24-19-17(20)18(21-12-22-19)23(3)15-7-5-4-6-8-15/h4-12H,20H2,1-3H3. The summed E-state index contributed by atoms with van der Waals surface area (Å²) in [5.41, 5.74) is 9.89. The van der Waals surface area contributed by atoms with E-state index in [0.29, 0.717) is 23.1 Å². The number of benzene rings is 2. The van der Waals surface area contributed by atoms with Crippen LogP contribution in [0.1, 0.15) is 11.1 Å². The summed E-state index contributed by atoms with van der Waals surface area (Å²) >= 11 is 0. The highest BCUT2D eigenvalue weighted by Gasteiger charge is 2.15. The zero-order valence-electron chi connectivity index (χ0n) is 14.0. The van der Waals surface area contributed by atoms with Crippen molar-refractivity contribution in [1.29, 1.82) is 0 Å². The highest BCUT2D eigenvalue weighted by atomic mass is 16.5. The second-order valence-electron chi connectivity index (χ2n) is 5.74. The van der Waals surface area contributed by atoms with E-state index in [0.717, 1.165) is 16.8 Å². The lowest BCUT2D eigenvalue weighted by atomic mass is 10.1. The van der Waals surface area contributed by atoms with Gasteiger partial charge in [0.15, 0.2) is 5.82 Å². The van der Waals surface area contributed by atoms with E-state index in [2.05, 4.69) is 16.0 Å². The summed E-state index contributed by atoms with van der Waals surface area (Å²) in [6.45, 7) is 4.05. The number of aromatic nitrogens is 2. The second-order valence-corrected chi connectivity index (χ2v) is 5.74. The van der Waals surface area contributed by atoms with Crippen LogP contribution in [0.2, 0.25) is 0 Å². The van der Waals surface area contributed by atoms with Gasteiger partial charge in [0.1, 0.15) is 17.8 Å². The molecule has 2 N–H and O–H groups in total. The Labute approximate surface area is 141 Å². The lowest BCUT2D eigenvalue weighted by molar-refractivity contribution is 0.463. The SMILES string of the molecule is Cc1cc(C)cc(Oc2ncnc(N(C)c3ccccc3)c2N)c1. The first-order valence-corrected chi connectivity index (χ1v) is 7.70. The van der Waals surface area contributed by atoms with Crippen LogP contribution < -0.4 is 15.4 Å². The Hall–Kier alpha value is -3.08. The minimum atomic E-state index is 0.354. The number of nitrogens with two attached hydrogens (primary N) is 1. The fourth-order valence-electron chi connectivity index (χ4n) is 2.60. The molecular formula is C19H20N4O. The van der Waals surface area contributed by atoms with Crippen molar-refractivity contribution in [2.75, 3.05) is 17.7 Å². The maximum atomic E-state index is 6.25. The number of aryl methyl sites for hydroxylation is 2. The highest BCUT2D eigenvalue weighted by Crippen LogP contribution is 2.34. The first-order valence-electron chi connectivity index (χ1n) is 7.70. The number of nitrogens with zero attached hydrogens (tertiary/aromatic N) is 3. The van der Waals surface area contributed by atoms with Gasteiger partial charge in [-0.2, -0.15) is 4.98 Å². The van der Waals surface area contributed by atoms with Gasteiger partial charge in [-0.1, -0.05) is 24.3 Å². The minimum absolute atomic E-state index is 0.354. The molecule has 0 aliphatic carbocycles. The molecule has 5 heteroatoms. The number of nitrogen functional groups attached to an aromatic ring is 1. The monoisotopic (exact) mass is 320 g/mol. The van der Waals surface area contributed by atoms with Crippen LogP contribution in [-0.2, 0) is 0 Å². The lowest BCUT2D eigenvalue weighted by Gasteiger charge is -2.20. The molecule has 0 fully saturated rings. The summed E-state index contributed by atoms with van der Waals surface area (Å²) in [5, 5.41) is 0. The van der Waals surface area contributed by atoms with Crippen molar-refractivity contribution in [2.45, 2.75) is 13.8 Å². The van der Waals surface area contributed by atoms with E-state index in [1.54, 1.807) is 0 Å². The summed E-state index contributed by atoms with van der Waals surface area (Å²) in [5.74, 6) is 1.68. The molecule has 0 saturated heterocycles. The fourth-order valence-corrected chi connectivity index (χ4v) is 2.60. The van der Waals surface area contributed by atoms with Crippen molar-refractivity contribution in [3.8, 4) is 11.6 Å². The summed E-state index contributed by atoms with van der Waals surface area (Å²) in [6, 6.07) is 15.9. The Morgan fingerprint density at radius 1 is 0.958 bits per heavy atom. The normalized spacial score (nSPS) is 10.5. The van der Waals surface area contributed by atoms with Crippen molar-refractivity contribution in [3.05, 3.63) is 66.0 Å². The van der Waals surface area contributed by atoms with Crippen molar-refractivity contribution < 1.29 is 4.74 Å². The van der Waals surface area contributed by atoms with Crippen LogP contribution in [0, 0.1) is 13.8 Å². The van der Waals surface area contributed by atoms with Gasteiger partial charge in [0.25, 0.3) is 0 Å². The number of rotatable bonds is 4. The van der Waals surface area contributed by atoms with Gasteiger partial charge in [0.2, 0.25) is 5.88 Å². The summed E-state index contributed by atoms with van der Waals surface area (Å²) < 4.78 is 5.89. The Morgan fingerprint density at radius 3 is 2.29 bits per heavy atom. The first kappa shape index (κ1) is 15.8. The quantitative estimate of drug-likeness (QED) is 0.779. The predicted molar refractivity (Wildman–Crippen MR) is 96.9 cm³/mol. The molecule has 0 spiro atoms. The van der Waals surface area contributed by atoms with Crippen molar-refractivity contribution in [2.24, 2.45) is 0 Å². The number of para-hydroxylation sites is 1. The van der Waals surface area contributed by atoms with Crippen LogP contribution >= 0.6 is 0 Å². The van der Waals surface area contributed by atoms with E-state index in [4.69, 9.17) is 10.5 Å². The Bertz CT molecular complexity index is 829. The first-order chi connectivity index (χ1) is 11.5. The lowest BCUT2D eigenvalue weighted by Crippen LogP contribution is -2.14. The minimum Gasteiger partial charge on any atom is -0.437 e. The number of hydrogen-bond donors (Lipinski definition) is 1. The van der Waals surface area contributed by atoms with E-state index < -0.39 is 0 Å². The summed E-state index contributed by atoms with van der Waals surface area (Å²) in [4.78, 5) is 10.4. The zero-order chi connectivity index (χ0) is 17.1. The van der Waals surface area contributed by atoms with E-state index in [9.17, 15) is 0 Å². The number of hydrogen-bond acceptors (Lipinski definition) is 5. The summed E-state index contributed by atoms with van der Waals surface area (Å²) in [7, 11) is 1.91. The molecule has 0 saturated carbocycles. The molecule has 0 atom stereocenters. The van der Waals surface area contributed by atoms with Gasteiger partial charge in [-0.25, -0.2) is 4.98 Å². The molecule has 122 valence electrons. The number of anilines is 3. The topological polar surface area (TPSA) is 64.3 Å². The largest absolute Gasteiger partial charge is 0.437 e. The average Bonchev–Trinajstić information content (AvgIpc) is 2.56. The van der Waals surface area contributed by atoms with Crippen LogP contribution in [0.3, 0.4) is 0 Å². The fraction of sp³-hybridized carbons (Fsp3) is 0.158. The van der Waals surface area contributed by atoms with E-state index in [1.807, 2.05) is 68.3 Å². The molecule has 1 heterocycles. The molecular weight excluding hydrogens is 300 g/mol. The van der Waals surface area contributed by atoms with Crippen LogP contribution in [-0.4, -0.2) is 17.0 Å². The van der Waals surface area contributed by atoms with Gasteiger partial charge >= 0.3 is 0 Å². The van der Waals surface area contributed by atoms with Crippen LogP contribution in [0.15, 0.2) is 54.9 Å². The molecule has 0 unspecified atom stereocenters. The highest BCUT2D eigenvalue weighted by molar-refractivity contribution is 5.74. The maximum absolute atomic E-state index is 6.25. The van der Waals surface area contributed by atoms with Gasteiger partial charge < -0.3 is 15.4 Å². The van der Waals surface area contributed by atoms with E-state index in [1.165, 1.54) is 6.33 Å². The molecule has 0 aliphatic heterocycles. The smallest absolute Gasteiger partial charge is 0.248 e. The Morgan fingerprint density at radius 2 is 1.62 bits per heavy atom. The van der Waals surface area contributed by atoms with Gasteiger partial charge in [-0.3, -0.25) is 0 Å². The molecule has 0 amide bonds. The van der Waals surface area contributed by atoms with Crippen molar-refractivity contribution >= 4 is 17.2 Å². The van der Waals surface area contributed by atoms with Crippen molar-refractivity contribution in [1.82, 2.24) is 9.97 Å². The molecule has 3 rings (SSSR count). The third-order valence-electron chi connectivity index (χ3n) is 3.70. The number of ether oxygens (including phenoxy) is 1. The van der Waals surface area contributed by atoms with Crippen LogP contribution in [0.5, 0.6) is 11.6 Å². The molecule has 0 bridgehead atoms. The summed E-state index contributed by atoms with van der Waals surface area (Å²) in [6.07, 6.45) is 1.46. The van der Waals surface area contributed by atoms with Crippen LogP contribution in [0.4, 0.5) is 17.2 Å². The third kappa shape index (κ3) is 3.30. The Kier molecular flexibility index (Phi) is 4.33. The molecule has 5 nitrogen and oxygen atoms in total. The van der Waals surface area contributed by atoms with Gasteiger partial charge in [0, 0.05) is 12.7 Å². The molecule has 1 aromatic heterocycles. The average molecular weight is 320 g/mol. The van der Waals surface area contributed by atoms with E-state index >= 15 is 0 Å². The zero-order valence-corrected chi connectivity index (χ0v) is 14.0. The molecule has 24 heavy (non-hydrogen) atoms. The molecule has 3 aromatic rings. The third-order valence-corrected chi connectivity index (χ3v) is 3.70. The van der Waals surface area contributed by atoms with Crippen molar-refractivity contribution in [3.63, 3.8) is 0 Å². The van der Waals surface area contributed by atoms with Gasteiger partial charge in [-0.15, -0.1) is 0 Å². The molecule has 2 aromatic carbocycles.